The Hall–Kier alpha value is -6.57. The Morgan fingerprint density at radius 1 is 1.00 bits per heavy atom. The average Bonchev–Trinajstić information content (AvgIpc) is 4.02. The van der Waals surface area contributed by atoms with Gasteiger partial charge in [-0.3, -0.25) is 23.9 Å². The molecule has 0 aliphatic carbocycles. The standard InChI is InChI=1S/C47H49F2N7O8S2/c1-6-17-66(62,63)55-36-16-15-35(48)39(40(36)49)41(59)34-22-51-44-33(34)18-30(21-50-44)28-11-13-32(14-12-28)64-24-38(58)54-43(47(3,4)5)46(61)56-23-31(57)19-37(56)45(60)52-20-27-7-9-29(10-8-27)42-26(2)53-25-65-42/h7-16,18,21-22,25,31,37,43,55,57H,6,17,19-20,23-24H2,1-5H3,(H,50,51)(H,52,60)(H,54,58)/t31-,37+,43?/m1/s1. The first kappa shape index (κ1) is 47.4. The largest absolute Gasteiger partial charge is 0.484 e. The first-order chi connectivity index (χ1) is 31.3. The second-order valence-corrected chi connectivity index (χ2v) is 19.8. The molecule has 0 bridgehead atoms. The Bertz CT molecular complexity index is 2900. The summed E-state index contributed by atoms with van der Waals surface area (Å²) in [5.41, 5.74) is 3.66. The Labute approximate surface area is 384 Å². The van der Waals surface area contributed by atoms with Crippen LogP contribution in [0.1, 0.15) is 67.7 Å². The number of halogens is 2. The predicted molar refractivity (Wildman–Crippen MR) is 246 cm³/mol. The number of β-amino-alcohol motifs (C(OH)–C–C–N with tert-alkyl or cyclic N) is 1. The summed E-state index contributed by atoms with van der Waals surface area (Å²) in [6.07, 6.45) is 2.17. The fourth-order valence-electron chi connectivity index (χ4n) is 7.69. The summed E-state index contributed by atoms with van der Waals surface area (Å²) in [7, 11) is -3.94. The number of likely N-dealkylation sites (tertiary alicyclic amines) is 1. The minimum atomic E-state index is -3.94. The molecular weight excluding hydrogens is 893 g/mol. The number of hydrogen-bond donors (Lipinski definition) is 5. The van der Waals surface area contributed by atoms with Crippen LogP contribution in [0, 0.1) is 24.0 Å². The lowest BCUT2D eigenvalue weighted by molar-refractivity contribution is -0.144. The molecule has 1 aliphatic heterocycles. The van der Waals surface area contributed by atoms with Gasteiger partial charge in [0.15, 0.2) is 12.4 Å². The number of rotatable bonds is 16. The van der Waals surface area contributed by atoms with Gasteiger partial charge in [-0.15, -0.1) is 11.3 Å². The number of thiazole rings is 1. The molecule has 0 spiro atoms. The number of nitrogens with one attached hydrogen (secondary N) is 4. The summed E-state index contributed by atoms with van der Waals surface area (Å²) in [6.45, 7) is 8.60. The first-order valence-corrected chi connectivity index (χ1v) is 23.6. The van der Waals surface area contributed by atoms with Gasteiger partial charge in [0.1, 0.15) is 29.3 Å². The van der Waals surface area contributed by atoms with Gasteiger partial charge in [-0.05, 0) is 65.8 Å². The monoisotopic (exact) mass is 941 g/mol. The van der Waals surface area contributed by atoms with Crippen molar-refractivity contribution in [2.75, 3.05) is 23.6 Å². The zero-order valence-electron chi connectivity index (χ0n) is 36.8. The fraction of sp³-hybridized carbons (Fsp3) is 0.319. The highest BCUT2D eigenvalue weighted by Gasteiger charge is 2.44. The number of pyridine rings is 1. The molecule has 346 valence electrons. The maximum atomic E-state index is 15.5. The quantitative estimate of drug-likeness (QED) is 0.0664. The summed E-state index contributed by atoms with van der Waals surface area (Å²) in [4.78, 5) is 68.4. The lowest BCUT2D eigenvalue weighted by Gasteiger charge is -2.35. The van der Waals surface area contributed by atoms with Crippen LogP contribution in [0.15, 0.2) is 84.6 Å². The predicted octanol–water partition coefficient (Wildman–Crippen LogP) is 6.51. The number of ketones is 1. The number of carbonyl (C=O) groups is 4. The molecule has 3 atom stereocenters. The lowest BCUT2D eigenvalue weighted by atomic mass is 9.85. The summed E-state index contributed by atoms with van der Waals surface area (Å²) in [5.74, 6) is -5.06. The van der Waals surface area contributed by atoms with Crippen molar-refractivity contribution in [3.05, 3.63) is 119 Å². The highest BCUT2D eigenvalue weighted by molar-refractivity contribution is 7.92. The van der Waals surface area contributed by atoms with Gasteiger partial charge in [0.25, 0.3) is 5.91 Å². The van der Waals surface area contributed by atoms with Gasteiger partial charge in [0, 0.05) is 48.4 Å². The van der Waals surface area contributed by atoms with Crippen LogP contribution < -0.4 is 20.1 Å². The van der Waals surface area contributed by atoms with Crippen LogP contribution in [-0.4, -0.2) is 94.0 Å². The summed E-state index contributed by atoms with van der Waals surface area (Å²) < 4.78 is 63.0. The molecule has 19 heteroatoms. The van der Waals surface area contributed by atoms with E-state index < -0.39 is 86.6 Å². The average molecular weight is 942 g/mol. The molecule has 1 aliphatic rings. The Balaban J connectivity index is 0.977. The molecule has 1 unspecified atom stereocenters. The van der Waals surface area contributed by atoms with Crippen LogP contribution in [0.3, 0.4) is 0 Å². The molecule has 7 rings (SSSR count). The van der Waals surface area contributed by atoms with Gasteiger partial charge in [0.2, 0.25) is 27.6 Å². The molecule has 4 heterocycles. The van der Waals surface area contributed by atoms with E-state index in [2.05, 4.69) is 30.3 Å². The van der Waals surface area contributed by atoms with E-state index in [0.29, 0.717) is 16.9 Å². The number of hydrogen-bond acceptors (Lipinski definition) is 11. The molecule has 0 radical (unpaired) electrons. The van der Waals surface area contributed by atoms with Crippen LogP contribution in [0.4, 0.5) is 14.5 Å². The summed E-state index contributed by atoms with van der Waals surface area (Å²) in [6, 6.07) is 15.6. The third-order valence-corrected chi connectivity index (χ3v) is 13.6. The molecule has 3 amide bonds. The minimum absolute atomic E-state index is 0.0426. The van der Waals surface area contributed by atoms with Gasteiger partial charge in [-0.25, -0.2) is 27.2 Å². The van der Waals surface area contributed by atoms with Crippen molar-refractivity contribution in [2.24, 2.45) is 5.41 Å². The van der Waals surface area contributed by atoms with Gasteiger partial charge in [-0.1, -0.05) is 64.1 Å². The molecule has 66 heavy (non-hydrogen) atoms. The number of H-pyrrole nitrogens is 1. The molecule has 1 fully saturated rings. The molecular formula is C47H49F2N7O8S2. The number of aromatic nitrogens is 3. The minimum Gasteiger partial charge on any atom is -0.484 e. The Kier molecular flexibility index (Phi) is 14.0. The van der Waals surface area contributed by atoms with E-state index in [9.17, 15) is 37.1 Å². The van der Waals surface area contributed by atoms with Crippen LogP contribution in [-0.2, 0) is 31.0 Å². The number of benzene rings is 3. The second kappa shape index (κ2) is 19.5. The van der Waals surface area contributed by atoms with E-state index in [4.69, 9.17) is 4.74 Å². The van der Waals surface area contributed by atoms with Crippen molar-refractivity contribution in [1.29, 1.82) is 0 Å². The zero-order chi connectivity index (χ0) is 47.5. The highest BCUT2D eigenvalue weighted by Crippen LogP contribution is 2.32. The van der Waals surface area contributed by atoms with Gasteiger partial charge in [0.05, 0.1) is 39.2 Å². The van der Waals surface area contributed by atoms with Crippen LogP contribution in [0.25, 0.3) is 32.6 Å². The van der Waals surface area contributed by atoms with Crippen molar-refractivity contribution < 1.29 is 46.2 Å². The first-order valence-electron chi connectivity index (χ1n) is 21.1. The number of nitrogens with zero attached hydrogens (tertiary/aromatic N) is 3. The number of carbonyl (C=O) groups excluding carboxylic acids is 4. The smallest absolute Gasteiger partial charge is 0.258 e. The number of aliphatic hydroxyl groups is 1. The van der Waals surface area contributed by atoms with Crippen LogP contribution in [0.5, 0.6) is 5.75 Å². The molecule has 0 saturated carbocycles. The van der Waals surface area contributed by atoms with Crippen molar-refractivity contribution in [1.82, 2.24) is 30.5 Å². The van der Waals surface area contributed by atoms with Gasteiger partial charge < -0.3 is 30.4 Å². The number of anilines is 1. The van der Waals surface area contributed by atoms with E-state index in [1.807, 2.05) is 31.2 Å². The number of amides is 3. The van der Waals surface area contributed by atoms with E-state index in [-0.39, 0.29) is 48.3 Å². The zero-order valence-corrected chi connectivity index (χ0v) is 38.4. The van der Waals surface area contributed by atoms with Gasteiger partial charge >= 0.3 is 0 Å². The number of sulfonamides is 1. The summed E-state index contributed by atoms with van der Waals surface area (Å²) >= 11 is 1.55. The number of aryl methyl sites for hydroxylation is 1. The lowest BCUT2D eigenvalue weighted by Crippen LogP contribution is -2.58. The maximum Gasteiger partial charge on any atom is 0.258 e. The fourth-order valence-corrected chi connectivity index (χ4v) is 9.63. The maximum absolute atomic E-state index is 15.5. The third kappa shape index (κ3) is 10.6. The number of fused-ring (bicyclic) bond motifs is 1. The van der Waals surface area contributed by atoms with Gasteiger partial charge in [-0.2, -0.15) is 0 Å². The van der Waals surface area contributed by atoms with Crippen LogP contribution in [0.2, 0.25) is 0 Å². The van der Waals surface area contributed by atoms with Crippen molar-refractivity contribution in [3.8, 4) is 27.3 Å². The Morgan fingerprint density at radius 2 is 1.71 bits per heavy atom. The Morgan fingerprint density at radius 3 is 2.38 bits per heavy atom. The molecule has 15 nitrogen and oxygen atoms in total. The number of ether oxygens (including phenoxy) is 1. The van der Waals surface area contributed by atoms with E-state index >= 15 is 4.39 Å². The second-order valence-electron chi connectivity index (χ2n) is 17.1. The normalized spacial score (nSPS) is 15.7. The number of aromatic amines is 1. The molecule has 3 aromatic carbocycles. The highest BCUT2D eigenvalue weighted by atomic mass is 32.2. The third-order valence-electron chi connectivity index (χ3n) is 11.1. The molecule has 3 aromatic heterocycles. The molecule has 6 aromatic rings. The number of aliphatic hydroxyl groups excluding tert-OH is 1. The van der Waals surface area contributed by atoms with Crippen molar-refractivity contribution in [2.45, 2.75) is 72.2 Å². The SMILES string of the molecule is CCCS(=O)(=O)Nc1ccc(F)c(C(=O)c2c[nH]c3ncc(-c4ccc(OCC(=O)NC(C(=O)N5C[C@H](O)C[C@H]5C(=O)NCc5ccc(-c6scnc6C)cc5)C(C)(C)C)cc4)cc23)c1F. The van der Waals surface area contributed by atoms with E-state index in [1.165, 1.54) is 17.3 Å². The van der Waals surface area contributed by atoms with E-state index in [1.54, 1.807) is 74.9 Å². The summed E-state index contributed by atoms with van der Waals surface area (Å²) in [5, 5.41) is 16.5. The van der Waals surface area contributed by atoms with E-state index in [0.717, 1.165) is 33.8 Å². The topological polar surface area (TPSA) is 213 Å². The molecule has 5 N–H and O–H groups in total. The molecule has 1 saturated heterocycles. The van der Waals surface area contributed by atoms with Crippen molar-refractivity contribution >= 4 is 61.6 Å². The van der Waals surface area contributed by atoms with Crippen LogP contribution >= 0.6 is 11.3 Å². The van der Waals surface area contributed by atoms with Crippen molar-refractivity contribution in [3.63, 3.8) is 0 Å².